The molecular weight excluding hydrogens is 263 g/mol. The Bertz CT molecular complexity index is 721. The molecule has 3 rings (SSSR count). The molecule has 0 unspecified atom stereocenters. The number of rotatable bonds is 3. The first-order valence-electron chi connectivity index (χ1n) is 5.98. The van der Waals surface area contributed by atoms with Gasteiger partial charge in [0.05, 0.1) is 5.69 Å². The van der Waals surface area contributed by atoms with Gasteiger partial charge in [0.1, 0.15) is 5.82 Å². The van der Waals surface area contributed by atoms with Crippen molar-refractivity contribution in [1.82, 2.24) is 4.98 Å². The molecule has 4 heteroatoms. The molecule has 2 nitrogen and oxygen atoms in total. The summed E-state index contributed by atoms with van der Waals surface area (Å²) >= 11 is 5.86. The molecule has 0 amide bonds. The minimum absolute atomic E-state index is 0.300. The van der Waals surface area contributed by atoms with E-state index in [0.717, 1.165) is 16.5 Å². The van der Waals surface area contributed by atoms with Crippen molar-refractivity contribution in [1.29, 1.82) is 0 Å². The maximum absolute atomic E-state index is 13.6. The molecule has 96 valence electrons. The molecule has 0 atom stereocenters. The van der Waals surface area contributed by atoms with Crippen LogP contribution in [-0.2, 0) is 6.54 Å². The molecule has 0 aliphatic rings. The summed E-state index contributed by atoms with van der Waals surface area (Å²) in [6.45, 7) is 0.548. The van der Waals surface area contributed by atoms with Gasteiger partial charge < -0.3 is 10.3 Å². The summed E-state index contributed by atoms with van der Waals surface area (Å²) in [6, 6.07) is 12.5. The molecule has 0 saturated carbocycles. The Morgan fingerprint density at radius 1 is 1.16 bits per heavy atom. The second-order valence-corrected chi connectivity index (χ2v) is 4.77. The maximum Gasteiger partial charge on any atom is 0.146 e. The second kappa shape index (κ2) is 4.94. The Morgan fingerprint density at radius 2 is 2.05 bits per heavy atom. The first kappa shape index (κ1) is 12.1. The number of nitrogens with one attached hydrogen (secondary N) is 2. The van der Waals surface area contributed by atoms with Gasteiger partial charge in [0, 0.05) is 28.7 Å². The number of aromatic nitrogens is 1. The highest BCUT2D eigenvalue weighted by atomic mass is 35.5. The average Bonchev–Trinajstić information content (AvgIpc) is 2.88. The normalized spacial score (nSPS) is 10.8. The first-order valence-corrected chi connectivity index (χ1v) is 6.36. The third-order valence-electron chi connectivity index (χ3n) is 3.08. The van der Waals surface area contributed by atoms with Crippen molar-refractivity contribution in [3.8, 4) is 0 Å². The molecule has 0 aliphatic heterocycles. The number of anilines is 1. The number of hydrogen-bond donors (Lipinski definition) is 2. The van der Waals surface area contributed by atoms with Crippen molar-refractivity contribution in [3.63, 3.8) is 0 Å². The minimum Gasteiger partial charge on any atom is -0.379 e. The van der Waals surface area contributed by atoms with Crippen LogP contribution in [-0.4, -0.2) is 4.98 Å². The Kier molecular flexibility index (Phi) is 3.13. The van der Waals surface area contributed by atoms with E-state index in [1.54, 1.807) is 6.07 Å². The Labute approximate surface area is 115 Å². The van der Waals surface area contributed by atoms with Gasteiger partial charge in [-0.3, -0.25) is 0 Å². The summed E-state index contributed by atoms with van der Waals surface area (Å²) in [5.41, 5.74) is 2.60. The highest BCUT2D eigenvalue weighted by molar-refractivity contribution is 6.30. The zero-order valence-corrected chi connectivity index (χ0v) is 10.8. The molecule has 19 heavy (non-hydrogen) atoms. The van der Waals surface area contributed by atoms with E-state index in [0.29, 0.717) is 17.3 Å². The standard InChI is InChI=1S/C15H12ClFN2/c16-11-4-5-13(17)15(8-11)19-9-10-2-1-3-14-12(10)6-7-18-14/h1-8,18-19H,9H2. The molecule has 1 aromatic heterocycles. The van der Waals surface area contributed by atoms with Crippen molar-refractivity contribution in [2.75, 3.05) is 5.32 Å². The van der Waals surface area contributed by atoms with Gasteiger partial charge in [0.2, 0.25) is 0 Å². The van der Waals surface area contributed by atoms with Crippen LogP contribution >= 0.6 is 11.6 Å². The van der Waals surface area contributed by atoms with E-state index in [1.807, 2.05) is 30.5 Å². The van der Waals surface area contributed by atoms with Gasteiger partial charge in [-0.2, -0.15) is 0 Å². The lowest BCUT2D eigenvalue weighted by molar-refractivity contribution is 0.630. The van der Waals surface area contributed by atoms with E-state index in [-0.39, 0.29) is 5.82 Å². The summed E-state index contributed by atoms with van der Waals surface area (Å²) < 4.78 is 13.6. The van der Waals surface area contributed by atoms with E-state index in [4.69, 9.17) is 11.6 Å². The van der Waals surface area contributed by atoms with Gasteiger partial charge >= 0.3 is 0 Å². The lowest BCUT2D eigenvalue weighted by Crippen LogP contribution is -2.01. The Morgan fingerprint density at radius 3 is 2.95 bits per heavy atom. The number of halogens is 2. The zero-order chi connectivity index (χ0) is 13.2. The SMILES string of the molecule is Fc1ccc(Cl)cc1NCc1cccc2[nH]ccc12. The number of H-pyrrole nitrogens is 1. The van der Waals surface area contributed by atoms with E-state index in [1.165, 1.54) is 12.1 Å². The molecule has 0 spiro atoms. The van der Waals surface area contributed by atoms with Crippen molar-refractivity contribution in [3.05, 3.63) is 65.1 Å². The highest BCUT2D eigenvalue weighted by Crippen LogP contribution is 2.22. The Hall–Kier alpha value is -2.00. The van der Waals surface area contributed by atoms with Crippen LogP contribution in [0.2, 0.25) is 5.02 Å². The second-order valence-electron chi connectivity index (χ2n) is 4.33. The molecular formula is C15H12ClFN2. The van der Waals surface area contributed by atoms with E-state index in [9.17, 15) is 4.39 Å². The molecule has 0 radical (unpaired) electrons. The van der Waals surface area contributed by atoms with Crippen LogP contribution in [0.4, 0.5) is 10.1 Å². The van der Waals surface area contributed by atoms with Crippen molar-refractivity contribution in [2.24, 2.45) is 0 Å². The van der Waals surface area contributed by atoms with Crippen LogP contribution in [0.3, 0.4) is 0 Å². The third kappa shape index (κ3) is 2.42. The van der Waals surface area contributed by atoms with E-state index in [2.05, 4.69) is 10.3 Å². The monoisotopic (exact) mass is 274 g/mol. The smallest absolute Gasteiger partial charge is 0.146 e. The predicted octanol–water partition coefficient (Wildman–Crippen LogP) is 4.57. The van der Waals surface area contributed by atoms with Gasteiger partial charge in [-0.15, -0.1) is 0 Å². The lowest BCUT2D eigenvalue weighted by atomic mass is 10.1. The number of fused-ring (bicyclic) bond motifs is 1. The van der Waals surface area contributed by atoms with Crippen LogP contribution < -0.4 is 5.32 Å². The summed E-state index contributed by atoms with van der Waals surface area (Å²) in [4.78, 5) is 3.16. The molecule has 0 aliphatic carbocycles. The quantitative estimate of drug-likeness (QED) is 0.719. The van der Waals surface area contributed by atoms with E-state index >= 15 is 0 Å². The third-order valence-corrected chi connectivity index (χ3v) is 3.32. The molecule has 2 aromatic carbocycles. The van der Waals surface area contributed by atoms with Crippen LogP contribution in [0.5, 0.6) is 0 Å². The van der Waals surface area contributed by atoms with Crippen molar-refractivity contribution < 1.29 is 4.39 Å². The molecule has 3 aromatic rings. The molecule has 1 heterocycles. The topological polar surface area (TPSA) is 27.8 Å². The fourth-order valence-corrected chi connectivity index (χ4v) is 2.30. The number of hydrogen-bond acceptors (Lipinski definition) is 1. The Balaban J connectivity index is 1.86. The van der Waals surface area contributed by atoms with Crippen LogP contribution in [0.1, 0.15) is 5.56 Å². The fraction of sp³-hybridized carbons (Fsp3) is 0.0667. The van der Waals surface area contributed by atoms with Crippen LogP contribution in [0.15, 0.2) is 48.7 Å². The molecule has 0 bridgehead atoms. The predicted molar refractivity (Wildman–Crippen MR) is 77.0 cm³/mol. The maximum atomic E-state index is 13.6. The lowest BCUT2D eigenvalue weighted by Gasteiger charge is -2.09. The zero-order valence-electron chi connectivity index (χ0n) is 10.1. The van der Waals surface area contributed by atoms with Crippen LogP contribution in [0, 0.1) is 5.82 Å². The largest absolute Gasteiger partial charge is 0.379 e. The van der Waals surface area contributed by atoms with Gasteiger partial charge in [-0.1, -0.05) is 23.7 Å². The molecule has 0 fully saturated rings. The van der Waals surface area contributed by atoms with Crippen LogP contribution in [0.25, 0.3) is 10.9 Å². The van der Waals surface area contributed by atoms with Crippen molar-refractivity contribution in [2.45, 2.75) is 6.54 Å². The molecule has 2 N–H and O–H groups in total. The summed E-state index contributed by atoms with van der Waals surface area (Å²) in [5, 5.41) is 4.73. The van der Waals surface area contributed by atoms with E-state index < -0.39 is 0 Å². The minimum atomic E-state index is -0.300. The summed E-state index contributed by atoms with van der Waals surface area (Å²) in [5.74, 6) is -0.300. The number of aromatic amines is 1. The average molecular weight is 275 g/mol. The van der Waals surface area contributed by atoms with Gasteiger partial charge in [0.25, 0.3) is 0 Å². The van der Waals surface area contributed by atoms with Crippen molar-refractivity contribution >= 4 is 28.2 Å². The summed E-state index contributed by atoms with van der Waals surface area (Å²) in [7, 11) is 0. The van der Waals surface area contributed by atoms with Gasteiger partial charge in [-0.05, 0) is 35.9 Å². The van der Waals surface area contributed by atoms with Gasteiger partial charge in [0.15, 0.2) is 0 Å². The fourth-order valence-electron chi connectivity index (χ4n) is 2.13. The molecule has 0 saturated heterocycles. The first-order chi connectivity index (χ1) is 9.24. The summed E-state index contributed by atoms with van der Waals surface area (Å²) in [6.07, 6.45) is 1.90. The van der Waals surface area contributed by atoms with Gasteiger partial charge in [-0.25, -0.2) is 4.39 Å². The highest BCUT2D eigenvalue weighted by Gasteiger charge is 2.05. The number of benzene rings is 2.